The molecule has 0 spiro atoms. The van der Waals surface area contributed by atoms with Gasteiger partial charge in [0.25, 0.3) is 0 Å². The van der Waals surface area contributed by atoms with Gasteiger partial charge < -0.3 is 10.3 Å². The van der Waals surface area contributed by atoms with Crippen LogP contribution in [0, 0.1) is 0 Å². The van der Waals surface area contributed by atoms with Crippen LogP contribution in [0.15, 0.2) is 16.8 Å². The van der Waals surface area contributed by atoms with Crippen LogP contribution in [-0.4, -0.2) is 11.7 Å². The molecule has 2 N–H and O–H groups in total. The summed E-state index contributed by atoms with van der Waals surface area (Å²) in [6.45, 7) is 0.620. The normalized spacial score (nSPS) is 8.56. The smallest absolute Gasteiger partial charge is 0.137 e. The van der Waals surface area contributed by atoms with Crippen LogP contribution in [0.2, 0.25) is 0 Å². The van der Waals surface area contributed by atoms with Crippen molar-refractivity contribution in [3.8, 4) is 0 Å². The van der Waals surface area contributed by atoms with Crippen molar-refractivity contribution < 1.29 is 4.52 Å². The monoisotopic (exact) mass is 148 g/mol. The molecule has 0 saturated carbocycles. The Morgan fingerprint density at radius 1 is 1.67 bits per heavy atom. The molecule has 0 fully saturated rings. The number of halogens is 1. The van der Waals surface area contributed by atoms with Crippen LogP contribution in [0.3, 0.4) is 0 Å². The van der Waals surface area contributed by atoms with Gasteiger partial charge in [-0.15, -0.1) is 12.4 Å². The Labute approximate surface area is 59.6 Å². The van der Waals surface area contributed by atoms with Crippen molar-refractivity contribution >= 4 is 12.4 Å². The highest BCUT2D eigenvalue weighted by Gasteiger charge is 1.90. The van der Waals surface area contributed by atoms with Crippen LogP contribution in [0.5, 0.6) is 0 Å². The molecular formula is C5H9ClN2O. The van der Waals surface area contributed by atoms with E-state index in [0.29, 0.717) is 6.54 Å². The molecule has 52 valence electrons. The maximum Gasteiger partial charge on any atom is 0.137 e. The van der Waals surface area contributed by atoms with Crippen molar-refractivity contribution in [2.24, 2.45) is 5.73 Å². The van der Waals surface area contributed by atoms with Gasteiger partial charge in [-0.3, -0.25) is 0 Å². The Bertz CT molecular complexity index is 141. The molecule has 3 nitrogen and oxygen atoms in total. The molecule has 0 aromatic carbocycles. The van der Waals surface area contributed by atoms with Gasteiger partial charge >= 0.3 is 0 Å². The molecule has 0 aliphatic rings. The summed E-state index contributed by atoms with van der Waals surface area (Å²) < 4.78 is 4.74. The first-order chi connectivity index (χ1) is 3.93. The zero-order valence-electron chi connectivity index (χ0n) is 4.91. The van der Waals surface area contributed by atoms with Gasteiger partial charge in [-0.05, 0) is 6.54 Å². The molecule has 0 radical (unpaired) electrons. The molecule has 1 aromatic rings. The highest BCUT2D eigenvalue weighted by atomic mass is 35.5. The van der Waals surface area contributed by atoms with E-state index in [1.807, 2.05) is 6.07 Å². The summed E-state index contributed by atoms with van der Waals surface area (Å²) in [7, 11) is 0. The van der Waals surface area contributed by atoms with E-state index >= 15 is 0 Å². The second-order valence-electron chi connectivity index (χ2n) is 1.52. The summed E-state index contributed by atoms with van der Waals surface area (Å²) in [5.41, 5.74) is 5.23. The second-order valence-corrected chi connectivity index (χ2v) is 1.52. The van der Waals surface area contributed by atoms with Crippen LogP contribution < -0.4 is 5.73 Å². The van der Waals surface area contributed by atoms with E-state index in [1.165, 1.54) is 0 Å². The molecular weight excluding hydrogens is 140 g/mol. The van der Waals surface area contributed by atoms with Crippen molar-refractivity contribution in [2.75, 3.05) is 6.54 Å². The molecule has 0 atom stereocenters. The average molecular weight is 149 g/mol. The molecule has 0 unspecified atom stereocenters. The molecule has 0 bridgehead atoms. The van der Waals surface area contributed by atoms with Gasteiger partial charge in [0.1, 0.15) is 5.76 Å². The van der Waals surface area contributed by atoms with E-state index in [1.54, 1.807) is 6.20 Å². The van der Waals surface area contributed by atoms with E-state index in [4.69, 9.17) is 10.3 Å². The van der Waals surface area contributed by atoms with Gasteiger partial charge in [-0.2, -0.15) is 0 Å². The maximum absolute atomic E-state index is 5.23. The van der Waals surface area contributed by atoms with Crippen molar-refractivity contribution in [1.82, 2.24) is 5.16 Å². The summed E-state index contributed by atoms with van der Waals surface area (Å²) >= 11 is 0. The SMILES string of the molecule is Cl.NCCc1ccno1. The first kappa shape index (κ1) is 8.46. The Morgan fingerprint density at radius 2 is 2.44 bits per heavy atom. The van der Waals surface area contributed by atoms with E-state index in [-0.39, 0.29) is 12.4 Å². The largest absolute Gasteiger partial charge is 0.361 e. The summed E-state index contributed by atoms with van der Waals surface area (Å²) in [5.74, 6) is 0.854. The van der Waals surface area contributed by atoms with E-state index in [0.717, 1.165) is 12.2 Å². The molecule has 4 heteroatoms. The fourth-order valence-electron chi connectivity index (χ4n) is 0.513. The molecule has 1 heterocycles. The minimum Gasteiger partial charge on any atom is -0.361 e. The van der Waals surface area contributed by atoms with Crippen LogP contribution >= 0.6 is 12.4 Å². The van der Waals surface area contributed by atoms with E-state index in [2.05, 4.69) is 5.16 Å². The number of aromatic nitrogens is 1. The maximum atomic E-state index is 5.23. The topological polar surface area (TPSA) is 52.0 Å². The summed E-state index contributed by atoms with van der Waals surface area (Å²) in [5, 5.41) is 3.51. The van der Waals surface area contributed by atoms with Gasteiger partial charge in [-0.25, -0.2) is 0 Å². The lowest BCUT2D eigenvalue weighted by atomic mass is 10.3. The van der Waals surface area contributed by atoms with Gasteiger partial charge in [0, 0.05) is 12.5 Å². The first-order valence-electron chi connectivity index (χ1n) is 2.53. The van der Waals surface area contributed by atoms with Gasteiger partial charge in [0.15, 0.2) is 0 Å². The van der Waals surface area contributed by atoms with Crippen LogP contribution in [0.1, 0.15) is 5.76 Å². The van der Waals surface area contributed by atoms with Crippen molar-refractivity contribution in [3.63, 3.8) is 0 Å². The van der Waals surface area contributed by atoms with Gasteiger partial charge in [0.2, 0.25) is 0 Å². The van der Waals surface area contributed by atoms with Crippen molar-refractivity contribution in [2.45, 2.75) is 6.42 Å². The molecule has 0 aliphatic heterocycles. The van der Waals surface area contributed by atoms with Gasteiger partial charge in [0.05, 0.1) is 6.20 Å². The van der Waals surface area contributed by atoms with E-state index in [9.17, 15) is 0 Å². The summed E-state index contributed by atoms with van der Waals surface area (Å²) in [4.78, 5) is 0. The summed E-state index contributed by atoms with van der Waals surface area (Å²) in [6, 6.07) is 1.81. The molecule has 0 saturated heterocycles. The highest BCUT2D eigenvalue weighted by molar-refractivity contribution is 5.85. The highest BCUT2D eigenvalue weighted by Crippen LogP contribution is 1.94. The summed E-state index contributed by atoms with van der Waals surface area (Å²) in [6.07, 6.45) is 2.39. The first-order valence-corrected chi connectivity index (χ1v) is 2.53. The van der Waals surface area contributed by atoms with Gasteiger partial charge in [-0.1, -0.05) is 5.16 Å². The number of rotatable bonds is 2. The van der Waals surface area contributed by atoms with Crippen LogP contribution in [0.4, 0.5) is 0 Å². The minimum absolute atomic E-state index is 0. The molecule has 1 aromatic heterocycles. The lowest BCUT2D eigenvalue weighted by Gasteiger charge is -1.84. The van der Waals surface area contributed by atoms with Crippen LogP contribution in [-0.2, 0) is 6.42 Å². The zero-order valence-corrected chi connectivity index (χ0v) is 5.73. The lowest BCUT2D eigenvalue weighted by molar-refractivity contribution is 0.384. The third-order valence-electron chi connectivity index (χ3n) is 0.882. The molecule has 0 aliphatic carbocycles. The quantitative estimate of drug-likeness (QED) is 0.668. The minimum atomic E-state index is 0. The Balaban J connectivity index is 0.000000640. The molecule has 9 heavy (non-hydrogen) atoms. The second kappa shape index (κ2) is 4.35. The van der Waals surface area contributed by atoms with E-state index < -0.39 is 0 Å². The Kier molecular flexibility index (Phi) is 4.09. The Hall–Kier alpha value is -0.540. The van der Waals surface area contributed by atoms with Crippen molar-refractivity contribution in [1.29, 1.82) is 0 Å². The predicted octanol–water partition coefficient (Wildman–Crippen LogP) is 0.598. The molecule has 1 rings (SSSR count). The molecule has 0 amide bonds. The average Bonchev–Trinajstić information content (AvgIpc) is 2.19. The third kappa shape index (κ3) is 2.49. The Morgan fingerprint density at radius 3 is 2.89 bits per heavy atom. The number of hydrogen-bond acceptors (Lipinski definition) is 3. The third-order valence-corrected chi connectivity index (χ3v) is 0.882. The fraction of sp³-hybridized carbons (Fsp3) is 0.400. The standard InChI is InChI=1S/C5H8N2O.ClH/c6-3-1-5-2-4-7-8-5;/h2,4H,1,3,6H2;1H. The van der Waals surface area contributed by atoms with Crippen molar-refractivity contribution in [3.05, 3.63) is 18.0 Å². The lowest BCUT2D eigenvalue weighted by Crippen LogP contribution is -2.01. The van der Waals surface area contributed by atoms with Crippen LogP contribution in [0.25, 0.3) is 0 Å². The number of nitrogens with zero attached hydrogens (tertiary/aromatic N) is 1. The number of hydrogen-bond donors (Lipinski definition) is 1. The fourth-order valence-corrected chi connectivity index (χ4v) is 0.513. The predicted molar refractivity (Wildman–Crippen MR) is 36.5 cm³/mol. The zero-order chi connectivity index (χ0) is 5.82. The number of nitrogens with two attached hydrogens (primary N) is 1.